The van der Waals surface area contributed by atoms with Crippen LogP contribution < -0.4 is 10.1 Å². The molecule has 0 radical (unpaired) electrons. The molecule has 0 fully saturated rings. The van der Waals surface area contributed by atoms with Crippen molar-refractivity contribution in [2.75, 3.05) is 5.32 Å². The SMILES string of the molecule is Cc1cc(C)nc(Nc2cccc(OC(=O)c3ccccc3Cl)c2)n1. The van der Waals surface area contributed by atoms with Crippen molar-refractivity contribution in [3.8, 4) is 5.75 Å². The molecule has 2 aromatic carbocycles. The maximum Gasteiger partial charge on any atom is 0.345 e. The number of benzene rings is 2. The van der Waals surface area contributed by atoms with Gasteiger partial charge in [0.1, 0.15) is 5.75 Å². The predicted octanol–water partition coefficient (Wildman–Crippen LogP) is 4.71. The summed E-state index contributed by atoms with van der Waals surface area (Å²) in [5, 5.41) is 3.46. The third kappa shape index (κ3) is 4.33. The van der Waals surface area contributed by atoms with Gasteiger partial charge < -0.3 is 10.1 Å². The summed E-state index contributed by atoms with van der Waals surface area (Å²) in [5.41, 5.74) is 2.78. The van der Waals surface area contributed by atoms with Crippen LogP contribution in [0.2, 0.25) is 5.02 Å². The van der Waals surface area contributed by atoms with Crippen LogP contribution in [-0.4, -0.2) is 15.9 Å². The van der Waals surface area contributed by atoms with Gasteiger partial charge in [-0.1, -0.05) is 29.8 Å². The zero-order valence-electron chi connectivity index (χ0n) is 13.8. The number of hydrogen-bond acceptors (Lipinski definition) is 5. The molecule has 6 heteroatoms. The largest absolute Gasteiger partial charge is 0.423 e. The lowest BCUT2D eigenvalue weighted by Crippen LogP contribution is -2.09. The van der Waals surface area contributed by atoms with Crippen LogP contribution in [0.1, 0.15) is 21.7 Å². The van der Waals surface area contributed by atoms with Crippen LogP contribution in [0.4, 0.5) is 11.6 Å². The number of esters is 1. The Balaban J connectivity index is 1.77. The molecule has 5 nitrogen and oxygen atoms in total. The van der Waals surface area contributed by atoms with E-state index in [-0.39, 0.29) is 0 Å². The van der Waals surface area contributed by atoms with E-state index in [1.54, 1.807) is 42.5 Å². The van der Waals surface area contributed by atoms with Gasteiger partial charge in [-0.15, -0.1) is 0 Å². The topological polar surface area (TPSA) is 64.1 Å². The van der Waals surface area contributed by atoms with Crippen molar-refractivity contribution in [1.82, 2.24) is 9.97 Å². The molecule has 3 rings (SSSR count). The predicted molar refractivity (Wildman–Crippen MR) is 97.6 cm³/mol. The molecule has 0 spiro atoms. The Kier molecular flexibility index (Phi) is 4.95. The molecule has 1 heterocycles. The van der Waals surface area contributed by atoms with E-state index in [0.29, 0.717) is 22.3 Å². The summed E-state index contributed by atoms with van der Waals surface area (Å²) in [5.74, 6) is 0.386. The van der Waals surface area contributed by atoms with Crippen molar-refractivity contribution in [2.45, 2.75) is 13.8 Å². The van der Waals surface area contributed by atoms with Gasteiger partial charge in [0, 0.05) is 23.1 Å². The summed E-state index contributed by atoms with van der Waals surface area (Å²) < 4.78 is 5.40. The summed E-state index contributed by atoms with van der Waals surface area (Å²) in [7, 11) is 0. The molecule has 1 aromatic heterocycles. The molecule has 0 aliphatic heterocycles. The first kappa shape index (κ1) is 16.9. The molecule has 0 saturated carbocycles. The standard InChI is InChI=1S/C19H16ClN3O2/c1-12-10-13(2)22-19(21-12)23-14-6-5-7-15(11-14)25-18(24)16-8-3-4-9-17(16)20/h3-11H,1-2H3,(H,21,22,23). The number of ether oxygens (including phenoxy) is 1. The Morgan fingerprint density at radius 2 is 1.72 bits per heavy atom. The molecule has 126 valence electrons. The molecule has 25 heavy (non-hydrogen) atoms. The average molecular weight is 354 g/mol. The quantitative estimate of drug-likeness (QED) is 0.543. The minimum atomic E-state index is -0.509. The van der Waals surface area contributed by atoms with E-state index in [2.05, 4.69) is 15.3 Å². The molecule has 0 bridgehead atoms. The number of hydrogen-bond donors (Lipinski definition) is 1. The average Bonchev–Trinajstić information content (AvgIpc) is 2.54. The molecule has 0 amide bonds. The molecule has 0 aliphatic carbocycles. The van der Waals surface area contributed by atoms with E-state index < -0.39 is 5.97 Å². The van der Waals surface area contributed by atoms with Crippen LogP contribution in [0.5, 0.6) is 5.75 Å². The normalized spacial score (nSPS) is 10.4. The Morgan fingerprint density at radius 1 is 1.00 bits per heavy atom. The fraction of sp³-hybridized carbons (Fsp3) is 0.105. The number of aromatic nitrogens is 2. The van der Waals surface area contributed by atoms with Crippen LogP contribution in [0.15, 0.2) is 54.6 Å². The second-order valence-electron chi connectivity index (χ2n) is 5.50. The number of rotatable bonds is 4. The van der Waals surface area contributed by atoms with Gasteiger partial charge in [-0.2, -0.15) is 0 Å². The lowest BCUT2D eigenvalue weighted by Gasteiger charge is -2.09. The lowest BCUT2D eigenvalue weighted by molar-refractivity contribution is 0.0735. The number of halogens is 1. The summed E-state index contributed by atoms with van der Waals surface area (Å²) in [6, 6.07) is 15.7. The number of nitrogens with zero attached hydrogens (tertiary/aromatic N) is 2. The highest BCUT2D eigenvalue weighted by atomic mass is 35.5. The van der Waals surface area contributed by atoms with E-state index in [4.69, 9.17) is 16.3 Å². The summed E-state index contributed by atoms with van der Waals surface area (Å²) in [4.78, 5) is 20.9. The number of aryl methyl sites for hydroxylation is 2. The third-order valence-corrected chi connectivity index (χ3v) is 3.71. The van der Waals surface area contributed by atoms with Gasteiger partial charge in [0.05, 0.1) is 10.6 Å². The van der Waals surface area contributed by atoms with Crippen molar-refractivity contribution in [2.24, 2.45) is 0 Å². The number of carbonyl (C=O) groups is 1. The van der Waals surface area contributed by atoms with Gasteiger partial charge in [-0.25, -0.2) is 14.8 Å². The highest BCUT2D eigenvalue weighted by Gasteiger charge is 2.12. The first-order chi connectivity index (χ1) is 12.0. The smallest absolute Gasteiger partial charge is 0.345 e. The Morgan fingerprint density at radius 3 is 2.44 bits per heavy atom. The van der Waals surface area contributed by atoms with Crippen LogP contribution in [0.25, 0.3) is 0 Å². The molecule has 0 aliphatic rings. The molecule has 3 aromatic rings. The fourth-order valence-corrected chi connectivity index (χ4v) is 2.55. The first-order valence-corrected chi connectivity index (χ1v) is 8.05. The van der Waals surface area contributed by atoms with Crippen molar-refractivity contribution < 1.29 is 9.53 Å². The summed E-state index contributed by atoms with van der Waals surface area (Å²) in [6.45, 7) is 3.81. The number of nitrogens with one attached hydrogen (secondary N) is 1. The van der Waals surface area contributed by atoms with Crippen molar-refractivity contribution in [3.05, 3.63) is 76.6 Å². The van der Waals surface area contributed by atoms with Crippen molar-refractivity contribution in [3.63, 3.8) is 0 Å². The van der Waals surface area contributed by atoms with Gasteiger partial charge in [-0.05, 0) is 44.2 Å². The van der Waals surface area contributed by atoms with E-state index in [9.17, 15) is 4.79 Å². The Labute approximate surface area is 150 Å². The maximum absolute atomic E-state index is 12.2. The fourth-order valence-electron chi connectivity index (χ4n) is 2.34. The zero-order valence-corrected chi connectivity index (χ0v) is 14.5. The lowest BCUT2D eigenvalue weighted by atomic mass is 10.2. The highest BCUT2D eigenvalue weighted by molar-refractivity contribution is 6.33. The highest BCUT2D eigenvalue weighted by Crippen LogP contribution is 2.23. The number of carbonyl (C=O) groups excluding carboxylic acids is 1. The Hall–Kier alpha value is -2.92. The van der Waals surface area contributed by atoms with Gasteiger partial charge in [0.25, 0.3) is 0 Å². The van der Waals surface area contributed by atoms with E-state index in [1.165, 1.54) is 0 Å². The molecule has 0 atom stereocenters. The van der Waals surface area contributed by atoms with E-state index >= 15 is 0 Å². The van der Waals surface area contributed by atoms with Crippen LogP contribution in [-0.2, 0) is 0 Å². The molecule has 0 saturated heterocycles. The molecule has 0 unspecified atom stereocenters. The second-order valence-corrected chi connectivity index (χ2v) is 5.90. The van der Waals surface area contributed by atoms with Crippen LogP contribution >= 0.6 is 11.6 Å². The van der Waals surface area contributed by atoms with Gasteiger partial charge in [0.15, 0.2) is 0 Å². The molecular weight excluding hydrogens is 338 g/mol. The Bertz CT molecular complexity index is 908. The molecular formula is C19H16ClN3O2. The van der Waals surface area contributed by atoms with Crippen molar-refractivity contribution >= 4 is 29.2 Å². The van der Waals surface area contributed by atoms with Gasteiger partial charge in [0.2, 0.25) is 5.95 Å². The first-order valence-electron chi connectivity index (χ1n) is 7.67. The van der Waals surface area contributed by atoms with E-state index in [1.807, 2.05) is 26.0 Å². The van der Waals surface area contributed by atoms with Crippen LogP contribution in [0, 0.1) is 13.8 Å². The van der Waals surface area contributed by atoms with Crippen LogP contribution in [0.3, 0.4) is 0 Å². The minimum Gasteiger partial charge on any atom is -0.423 e. The second kappa shape index (κ2) is 7.32. The summed E-state index contributed by atoms with van der Waals surface area (Å²) >= 11 is 6.02. The number of anilines is 2. The van der Waals surface area contributed by atoms with Crippen molar-refractivity contribution in [1.29, 1.82) is 0 Å². The summed E-state index contributed by atoms with van der Waals surface area (Å²) in [6.07, 6.45) is 0. The van der Waals surface area contributed by atoms with Gasteiger partial charge >= 0.3 is 5.97 Å². The van der Waals surface area contributed by atoms with E-state index in [0.717, 1.165) is 17.1 Å². The third-order valence-electron chi connectivity index (χ3n) is 3.38. The minimum absolute atomic E-state index is 0.320. The maximum atomic E-state index is 12.2. The zero-order chi connectivity index (χ0) is 17.8. The molecule has 1 N–H and O–H groups in total. The van der Waals surface area contributed by atoms with Gasteiger partial charge in [-0.3, -0.25) is 0 Å². The monoisotopic (exact) mass is 353 g/mol.